The van der Waals surface area contributed by atoms with Crippen LogP contribution < -0.4 is 4.74 Å². The number of sulfonamides is 1. The largest absolute Gasteiger partial charge is 0.435 e. The summed E-state index contributed by atoms with van der Waals surface area (Å²) in [6.45, 7) is -2.23. The number of hydrogen-bond acceptors (Lipinski definition) is 5. The first-order valence-electron chi connectivity index (χ1n) is 10.0. The molecule has 1 aliphatic heterocycles. The van der Waals surface area contributed by atoms with Gasteiger partial charge in [0, 0.05) is 32.6 Å². The molecule has 7 nitrogen and oxygen atoms in total. The molecule has 0 spiro atoms. The Morgan fingerprint density at radius 3 is 2.41 bits per heavy atom. The van der Waals surface area contributed by atoms with E-state index in [0.29, 0.717) is 19.4 Å². The average molecular weight is 464 g/mol. The van der Waals surface area contributed by atoms with Gasteiger partial charge in [-0.3, -0.25) is 4.79 Å². The molecule has 0 atom stereocenters. The number of nitrogens with zero attached hydrogens (tertiary/aromatic N) is 3. The maximum absolute atomic E-state index is 12.9. The molecule has 1 amide bonds. The highest BCUT2D eigenvalue weighted by atomic mass is 32.2. The van der Waals surface area contributed by atoms with Crippen molar-refractivity contribution in [2.75, 3.05) is 20.1 Å². The van der Waals surface area contributed by atoms with Crippen molar-refractivity contribution < 1.29 is 26.7 Å². The molecular formula is C22H23F2N3O4S. The third-order valence-corrected chi connectivity index (χ3v) is 7.33. The first-order chi connectivity index (χ1) is 15.2. The monoisotopic (exact) mass is 463 g/mol. The van der Waals surface area contributed by atoms with E-state index >= 15 is 0 Å². The third-order valence-electron chi connectivity index (χ3n) is 5.37. The Balaban J connectivity index is 1.58. The van der Waals surface area contributed by atoms with Gasteiger partial charge >= 0.3 is 6.61 Å². The Bertz CT molecular complexity index is 1090. The predicted octanol–water partition coefficient (Wildman–Crippen LogP) is 3.22. The standard InChI is InChI=1S/C22H23F2N3O4S/c1-26(15-16-6-8-19(9-7-16)31-22(23)24)21(28)17-10-12-27(13-11-17)32(29,30)20-5-3-2-4-18(20)14-25/h2-9,17,22H,10-13,15H2,1H3. The quantitative estimate of drug-likeness (QED) is 0.629. The summed E-state index contributed by atoms with van der Waals surface area (Å²) in [5, 5.41) is 9.21. The van der Waals surface area contributed by atoms with E-state index in [9.17, 15) is 27.3 Å². The zero-order chi connectivity index (χ0) is 23.3. The van der Waals surface area contributed by atoms with Crippen LogP contribution in [0.2, 0.25) is 0 Å². The highest BCUT2D eigenvalue weighted by molar-refractivity contribution is 7.89. The fourth-order valence-corrected chi connectivity index (χ4v) is 5.32. The first kappa shape index (κ1) is 23.6. The van der Waals surface area contributed by atoms with Gasteiger partial charge in [-0.1, -0.05) is 24.3 Å². The molecule has 0 aliphatic carbocycles. The molecule has 0 unspecified atom stereocenters. The van der Waals surface area contributed by atoms with Crippen LogP contribution in [0.3, 0.4) is 0 Å². The number of piperidine rings is 1. The molecule has 1 saturated heterocycles. The molecule has 0 saturated carbocycles. The molecule has 1 aliphatic rings. The van der Waals surface area contributed by atoms with Gasteiger partial charge in [-0.15, -0.1) is 0 Å². The Kier molecular flexibility index (Phi) is 7.43. The number of carbonyl (C=O) groups is 1. The average Bonchev–Trinajstić information content (AvgIpc) is 2.79. The number of rotatable bonds is 7. The highest BCUT2D eigenvalue weighted by Gasteiger charge is 2.34. The lowest BCUT2D eigenvalue weighted by molar-refractivity contribution is -0.135. The fourth-order valence-electron chi connectivity index (χ4n) is 3.71. The number of alkyl halides is 2. The van der Waals surface area contributed by atoms with Crippen molar-refractivity contribution in [1.29, 1.82) is 5.26 Å². The van der Waals surface area contributed by atoms with Crippen molar-refractivity contribution in [3.05, 3.63) is 59.7 Å². The molecule has 0 radical (unpaired) electrons. The summed E-state index contributed by atoms with van der Waals surface area (Å²) in [6.07, 6.45) is 0.747. The topological polar surface area (TPSA) is 90.7 Å². The van der Waals surface area contributed by atoms with Gasteiger partial charge in [0.2, 0.25) is 15.9 Å². The molecule has 1 fully saturated rings. The zero-order valence-corrected chi connectivity index (χ0v) is 18.3. The molecule has 2 aromatic carbocycles. The number of benzene rings is 2. The van der Waals surface area contributed by atoms with Crippen LogP contribution in [0.25, 0.3) is 0 Å². The van der Waals surface area contributed by atoms with Crippen molar-refractivity contribution in [2.45, 2.75) is 30.9 Å². The van der Waals surface area contributed by atoms with Gasteiger partial charge < -0.3 is 9.64 Å². The van der Waals surface area contributed by atoms with Crippen LogP contribution in [0.1, 0.15) is 24.0 Å². The first-order valence-corrected chi connectivity index (χ1v) is 11.4. The molecule has 3 rings (SSSR count). The van der Waals surface area contributed by atoms with Crippen LogP contribution in [0, 0.1) is 17.2 Å². The number of hydrogen-bond donors (Lipinski definition) is 0. The summed E-state index contributed by atoms with van der Waals surface area (Å²) in [5.74, 6) is -0.379. The Morgan fingerprint density at radius 2 is 1.81 bits per heavy atom. The molecule has 170 valence electrons. The normalized spacial score (nSPS) is 15.3. The van der Waals surface area contributed by atoms with Crippen molar-refractivity contribution >= 4 is 15.9 Å². The van der Waals surface area contributed by atoms with Gasteiger partial charge in [-0.25, -0.2) is 8.42 Å². The molecule has 32 heavy (non-hydrogen) atoms. The van der Waals surface area contributed by atoms with Crippen LogP contribution in [0.5, 0.6) is 5.75 Å². The molecule has 0 bridgehead atoms. The van der Waals surface area contributed by atoms with Gasteiger partial charge in [0.25, 0.3) is 0 Å². The maximum atomic E-state index is 12.9. The Labute approximate surface area is 185 Å². The van der Waals surface area contributed by atoms with Gasteiger partial charge in [0.05, 0.1) is 10.5 Å². The second-order valence-electron chi connectivity index (χ2n) is 7.50. The number of ether oxygens (including phenoxy) is 1. The summed E-state index contributed by atoms with van der Waals surface area (Å²) in [7, 11) is -2.16. The summed E-state index contributed by atoms with van der Waals surface area (Å²) in [5.41, 5.74) is 0.853. The third kappa shape index (κ3) is 5.41. The summed E-state index contributed by atoms with van der Waals surface area (Å²) in [4.78, 5) is 14.4. The predicted molar refractivity (Wildman–Crippen MR) is 112 cm³/mol. The van der Waals surface area contributed by atoms with Gasteiger partial charge in [-0.2, -0.15) is 18.3 Å². The minimum absolute atomic E-state index is 0.0244. The number of amides is 1. The van der Waals surface area contributed by atoms with Crippen molar-refractivity contribution in [1.82, 2.24) is 9.21 Å². The molecule has 1 heterocycles. The van der Waals surface area contributed by atoms with E-state index in [1.807, 2.05) is 6.07 Å². The molecule has 0 aromatic heterocycles. The summed E-state index contributed by atoms with van der Waals surface area (Å²) in [6, 6.07) is 14.0. The van der Waals surface area contributed by atoms with E-state index in [2.05, 4.69) is 4.74 Å². The lowest BCUT2D eigenvalue weighted by Crippen LogP contribution is -2.43. The minimum atomic E-state index is -3.81. The van der Waals surface area contributed by atoms with Gasteiger partial charge in [0.1, 0.15) is 11.8 Å². The lowest BCUT2D eigenvalue weighted by atomic mass is 9.96. The highest BCUT2D eigenvalue weighted by Crippen LogP contribution is 2.27. The van der Waals surface area contributed by atoms with E-state index in [1.54, 1.807) is 36.2 Å². The summed E-state index contributed by atoms with van der Waals surface area (Å²) < 4.78 is 56.0. The second-order valence-corrected chi connectivity index (χ2v) is 9.41. The van der Waals surface area contributed by atoms with Gasteiger partial charge in [-0.05, 0) is 42.7 Å². The Hall–Kier alpha value is -3.03. The SMILES string of the molecule is CN(Cc1ccc(OC(F)F)cc1)C(=O)C1CCN(S(=O)(=O)c2ccccc2C#N)CC1. The van der Waals surface area contributed by atoms with E-state index in [4.69, 9.17) is 0 Å². The molecule has 0 N–H and O–H groups in total. The van der Waals surface area contributed by atoms with E-state index < -0.39 is 16.6 Å². The summed E-state index contributed by atoms with van der Waals surface area (Å²) >= 11 is 0. The van der Waals surface area contributed by atoms with Gasteiger partial charge in [0.15, 0.2) is 0 Å². The molecular weight excluding hydrogens is 440 g/mol. The molecule has 10 heteroatoms. The van der Waals surface area contributed by atoms with E-state index in [1.165, 1.54) is 28.6 Å². The van der Waals surface area contributed by atoms with Crippen LogP contribution in [0.15, 0.2) is 53.4 Å². The Morgan fingerprint density at radius 1 is 1.19 bits per heavy atom. The van der Waals surface area contributed by atoms with Crippen LogP contribution >= 0.6 is 0 Å². The van der Waals surface area contributed by atoms with Crippen LogP contribution in [-0.2, 0) is 21.4 Å². The fraction of sp³-hybridized carbons (Fsp3) is 0.364. The van der Waals surface area contributed by atoms with Crippen molar-refractivity contribution in [3.8, 4) is 11.8 Å². The number of nitriles is 1. The van der Waals surface area contributed by atoms with Crippen molar-refractivity contribution in [3.63, 3.8) is 0 Å². The second kappa shape index (κ2) is 10.1. The molecule has 2 aromatic rings. The van der Waals surface area contributed by atoms with E-state index in [0.717, 1.165) is 5.56 Å². The minimum Gasteiger partial charge on any atom is -0.435 e. The van der Waals surface area contributed by atoms with Crippen LogP contribution in [-0.4, -0.2) is 50.3 Å². The smallest absolute Gasteiger partial charge is 0.387 e. The van der Waals surface area contributed by atoms with Crippen LogP contribution in [0.4, 0.5) is 8.78 Å². The van der Waals surface area contributed by atoms with Crippen molar-refractivity contribution in [2.24, 2.45) is 5.92 Å². The zero-order valence-electron chi connectivity index (χ0n) is 17.4. The van der Waals surface area contributed by atoms with E-state index in [-0.39, 0.29) is 41.1 Å². The number of carbonyl (C=O) groups excluding carboxylic acids is 1. The maximum Gasteiger partial charge on any atom is 0.387 e. The number of halogens is 2. The lowest BCUT2D eigenvalue weighted by Gasteiger charge is -2.32.